The maximum Gasteiger partial charge on any atom is 0.258 e. The summed E-state index contributed by atoms with van der Waals surface area (Å²) in [5.41, 5.74) is 7.50. The van der Waals surface area contributed by atoms with Crippen LogP contribution in [0.3, 0.4) is 0 Å². The van der Waals surface area contributed by atoms with Gasteiger partial charge in [-0.3, -0.25) is 9.69 Å². The van der Waals surface area contributed by atoms with Crippen LogP contribution in [0.25, 0.3) is 10.9 Å². The molecule has 1 aromatic carbocycles. The summed E-state index contributed by atoms with van der Waals surface area (Å²) in [6.07, 6.45) is 2.24. The van der Waals surface area contributed by atoms with Gasteiger partial charge in [0.1, 0.15) is 0 Å². The Balaban J connectivity index is 1.60. The average molecular weight is 360 g/mol. The van der Waals surface area contributed by atoms with E-state index in [-0.39, 0.29) is 5.91 Å². The SMILES string of the molecule is NC(=O)c1ccc(C2CCCN2Cc2[nH]c3ccccc3c2Cl)s1. The van der Waals surface area contributed by atoms with Crippen LogP contribution in [-0.4, -0.2) is 22.3 Å². The van der Waals surface area contributed by atoms with Crippen LogP contribution in [0.4, 0.5) is 0 Å². The lowest BCUT2D eigenvalue weighted by molar-refractivity contribution is 0.100. The predicted molar refractivity (Wildman–Crippen MR) is 98.5 cm³/mol. The van der Waals surface area contributed by atoms with Crippen molar-refractivity contribution in [2.45, 2.75) is 25.4 Å². The van der Waals surface area contributed by atoms with Crippen molar-refractivity contribution < 1.29 is 4.79 Å². The summed E-state index contributed by atoms with van der Waals surface area (Å²) in [7, 11) is 0. The van der Waals surface area contributed by atoms with Crippen LogP contribution < -0.4 is 5.73 Å². The quantitative estimate of drug-likeness (QED) is 0.728. The smallest absolute Gasteiger partial charge is 0.258 e. The molecule has 0 spiro atoms. The minimum Gasteiger partial charge on any atom is -0.365 e. The molecule has 4 nitrogen and oxygen atoms in total. The number of primary amides is 1. The van der Waals surface area contributed by atoms with E-state index in [9.17, 15) is 4.79 Å². The molecule has 0 bridgehead atoms. The van der Waals surface area contributed by atoms with Gasteiger partial charge in [0.25, 0.3) is 5.91 Å². The Morgan fingerprint density at radius 1 is 1.33 bits per heavy atom. The average Bonchev–Trinajstić information content (AvgIpc) is 3.28. The molecule has 3 N–H and O–H groups in total. The molecule has 4 rings (SSSR count). The lowest BCUT2D eigenvalue weighted by Gasteiger charge is -2.23. The van der Waals surface area contributed by atoms with E-state index in [0.717, 1.165) is 47.6 Å². The minimum atomic E-state index is -0.352. The highest BCUT2D eigenvalue weighted by Crippen LogP contribution is 2.38. The number of amides is 1. The van der Waals surface area contributed by atoms with Gasteiger partial charge in [0.15, 0.2) is 0 Å². The number of aromatic nitrogens is 1. The summed E-state index contributed by atoms with van der Waals surface area (Å²) in [5, 5.41) is 1.87. The molecule has 0 aliphatic carbocycles. The van der Waals surface area contributed by atoms with Gasteiger partial charge in [-0.25, -0.2) is 0 Å². The third kappa shape index (κ3) is 2.73. The Morgan fingerprint density at radius 2 is 2.17 bits per heavy atom. The number of benzene rings is 1. The van der Waals surface area contributed by atoms with Crippen molar-refractivity contribution in [1.29, 1.82) is 0 Å². The second kappa shape index (κ2) is 6.24. The number of halogens is 1. The van der Waals surface area contributed by atoms with E-state index >= 15 is 0 Å². The van der Waals surface area contributed by atoms with Gasteiger partial charge in [-0.1, -0.05) is 29.8 Å². The highest BCUT2D eigenvalue weighted by Gasteiger charge is 2.28. The number of likely N-dealkylation sites (tertiary alicyclic amines) is 1. The maximum absolute atomic E-state index is 11.3. The molecule has 3 heterocycles. The number of hydrogen-bond acceptors (Lipinski definition) is 3. The Bertz CT molecular complexity index is 901. The Labute approximate surface area is 149 Å². The fourth-order valence-electron chi connectivity index (χ4n) is 3.48. The lowest BCUT2D eigenvalue weighted by atomic mass is 10.2. The number of para-hydroxylation sites is 1. The zero-order valence-electron chi connectivity index (χ0n) is 13.1. The molecule has 1 unspecified atom stereocenters. The van der Waals surface area contributed by atoms with Crippen molar-refractivity contribution >= 4 is 39.7 Å². The normalized spacial score (nSPS) is 18.5. The van der Waals surface area contributed by atoms with E-state index in [2.05, 4.69) is 9.88 Å². The number of fused-ring (bicyclic) bond motifs is 1. The zero-order chi connectivity index (χ0) is 16.7. The number of thiophene rings is 1. The van der Waals surface area contributed by atoms with Crippen molar-refractivity contribution in [1.82, 2.24) is 9.88 Å². The first-order chi connectivity index (χ1) is 11.6. The second-order valence-electron chi connectivity index (χ2n) is 6.16. The number of aromatic amines is 1. The third-order valence-corrected chi connectivity index (χ3v) is 6.27. The third-order valence-electron chi connectivity index (χ3n) is 4.64. The molecule has 1 amide bonds. The molecule has 24 heavy (non-hydrogen) atoms. The van der Waals surface area contributed by atoms with Crippen LogP contribution in [-0.2, 0) is 6.54 Å². The van der Waals surface area contributed by atoms with Gasteiger partial charge in [0, 0.05) is 34.1 Å². The number of nitrogens with zero attached hydrogens (tertiary/aromatic N) is 1. The van der Waals surface area contributed by atoms with Crippen LogP contribution in [0.5, 0.6) is 0 Å². The zero-order valence-corrected chi connectivity index (χ0v) is 14.7. The van der Waals surface area contributed by atoms with E-state index < -0.39 is 0 Å². The van der Waals surface area contributed by atoms with Crippen LogP contribution in [0.1, 0.15) is 39.1 Å². The lowest BCUT2D eigenvalue weighted by Crippen LogP contribution is -2.22. The summed E-state index contributed by atoms with van der Waals surface area (Å²) in [5.74, 6) is -0.352. The Kier molecular flexibility index (Phi) is 4.08. The predicted octanol–water partition coefficient (Wildman–Crippen LogP) is 4.32. The number of carbonyl (C=O) groups is 1. The molecule has 1 aliphatic rings. The first kappa shape index (κ1) is 15.7. The Morgan fingerprint density at radius 3 is 2.92 bits per heavy atom. The fraction of sp³-hybridized carbons (Fsp3) is 0.278. The van der Waals surface area contributed by atoms with Gasteiger partial charge in [-0.2, -0.15) is 0 Å². The number of hydrogen-bond donors (Lipinski definition) is 2. The first-order valence-corrected chi connectivity index (χ1v) is 9.21. The summed E-state index contributed by atoms with van der Waals surface area (Å²) in [6.45, 7) is 1.81. The second-order valence-corrected chi connectivity index (χ2v) is 7.65. The van der Waals surface area contributed by atoms with E-state index in [0.29, 0.717) is 10.9 Å². The van der Waals surface area contributed by atoms with Crippen molar-refractivity contribution in [2.24, 2.45) is 5.73 Å². The monoisotopic (exact) mass is 359 g/mol. The number of nitrogens with two attached hydrogens (primary N) is 1. The van der Waals surface area contributed by atoms with Gasteiger partial charge in [0.05, 0.1) is 9.90 Å². The number of H-pyrrole nitrogens is 1. The van der Waals surface area contributed by atoms with Gasteiger partial charge in [0.2, 0.25) is 0 Å². The van der Waals surface area contributed by atoms with Gasteiger partial charge < -0.3 is 10.7 Å². The van der Waals surface area contributed by atoms with Gasteiger partial charge in [-0.05, 0) is 37.6 Å². The molecule has 124 valence electrons. The van der Waals surface area contributed by atoms with Crippen molar-refractivity contribution in [3.05, 3.63) is 56.9 Å². The summed E-state index contributed by atoms with van der Waals surface area (Å²) in [4.78, 5) is 19.0. The topological polar surface area (TPSA) is 62.1 Å². The minimum absolute atomic E-state index is 0.325. The van der Waals surface area contributed by atoms with Crippen molar-refractivity contribution in [2.75, 3.05) is 6.54 Å². The molecule has 0 radical (unpaired) electrons. The largest absolute Gasteiger partial charge is 0.365 e. The van der Waals surface area contributed by atoms with E-state index in [1.54, 1.807) is 0 Å². The van der Waals surface area contributed by atoms with Crippen molar-refractivity contribution in [3.8, 4) is 0 Å². The summed E-state index contributed by atoms with van der Waals surface area (Å²) < 4.78 is 0. The van der Waals surface area contributed by atoms with Crippen LogP contribution >= 0.6 is 22.9 Å². The number of carbonyl (C=O) groups excluding carboxylic acids is 1. The summed E-state index contributed by atoms with van der Waals surface area (Å²) >= 11 is 8.06. The highest BCUT2D eigenvalue weighted by atomic mass is 35.5. The molecule has 0 saturated carbocycles. The van der Waals surface area contributed by atoms with E-state index in [4.69, 9.17) is 17.3 Å². The fourth-order valence-corrected chi connectivity index (χ4v) is 4.78. The van der Waals surface area contributed by atoms with Gasteiger partial charge >= 0.3 is 0 Å². The first-order valence-electron chi connectivity index (χ1n) is 8.02. The van der Waals surface area contributed by atoms with Crippen molar-refractivity contribution in [3.63, 3.8) is 0 Å². The Hall–Kier alpha value is -1.82. The molecular formula is C18H18ClN3OS. The molecule has 1 fully saturated rings. The van der Waals surface area contributed by atoms with E-state index in [1.807, 2.05) is 36.4 Å². The van der Waals surface area contributed by atoms with Crippen LogP contribution in [0, 0.1) is 0 Å². The highest BCUT2D eigenvalue weighted by molar-refractivity contribution is 7.14. The molecule has 6 heteroatoms. The standard InChI is InChI=1S/C18H18ClN3OS/c19-17-11-4-1-2-5-12(11)21-13(17)10-22-9-3-6-14(22)15-7-8-16(24-15)18(20)23/h1-2,4-5,7-8,14,21H,3,6,9-10H2,(H2,20,23). The molecular weight excluding hydrogens is 342 g/mol. The molecule has 1 aliphatic heterocycles. The van der Waals surface area contributed by atoms with E-state index in [1.165, 1.54) is 16.2 Å². The molecule has 2 aromatic heterocycles. The molecule has 1 atom stereocenters. The van der Waals surface area contributed by atoms with Crippen LogP contribution in [0.15, 0.2) is 36.4 Å². The maximum atomic E-state index is 11.3. The summed E-state index contributed by atoms with van der Waals surface area (Å²) in [6, 6.07) is 12.3. The van der Waals surface area contributed by atoms with Gasteiger partial charge in [-0.15, -0.1) is 11.3 Å². The van der Waals surface area contributed by atoms with Crippen LogP contribution in [0.2, 0.25) is 5.02 Å². The molecule has 1 saturated heterocycles. The number of rotatable bonds is 4. The molecule has 3 aromatic rings. The number of nitrogens with one attached hydrogen (secondary N) is 1.